The second kappa shape index (κ2) is 5.21. The summed E-state index contributed by atoms with van der Waals surface area (Å²) in [6.07, 6.45) is 4.18. The van der Waals surface area contributed by atoms with Crippen LogP contribution in [0.15, 0.2) is 35.9 Å². The average Bonchev–Trinajstić information content (AvgIpc) is 2.93. The molecule has 2 aromatic rings. The number of allylic oxidation sites excluding steroid dienone is 1. The fraction of sp³-hybridized carbons (Fsp3) is 0.476. The highest BCUT2D eigenvalue weighted by Crippen LogP contribution is 2.54. The van der Waals surface area contributed by atoms with Crippen LogP contribution in [0.4, 0.5) is 0 Å². The van der Waals surface area contributed by atoms with E-state index in [9.17, 15) is 4.79 Å². The van der Waals surface area contributed by atoms with E-state index >= 15 is 0 Å². The first-order valence-corrected chi connectivity index (χ1v) is 9.20. The number of carbonyl (C=O) groups excluding carboxylic acids is 1. The molecule has 4 nitrogen and oxygen atoms in total. The van der Waals surface area contributed by atoms with Gasteiger partial charge in [0.2, 0.25) is 0 Å². The molecule has 0 aliphatic carbocycles. The van der Waals surface area contributed by atoms with Crippen LogP contribution >= 0.6 is 0 Å². The van der Waals surface area contributed by atoms with E-state index < -0.39 is 0 Å². The monoisotopic (exact) mass is 336 g/mol. The van der Waals surface area contributed by atoms with Crippen LogP contribution in [0, 0.1) is 11.8 Å². The van der Waals surface area contributed by atoms with Gasteiger partial charge in [0.05, 0.1) is 19.1 Å². The number of nitrogens with zero attached hydrogens (tertiary/aromatic N) is 2. The van der Waals surface area contributed by atoms with Crippen molar-refractivity contribution in [2.75, 3.05) is 13.7 Å². The lowest BCUT2D eigenvalue weighted by Gasteiger charge is -2.57. The predicted molar refractivity (Wildman–Crippen MR) is 97.2 cm³/mol. The standard InChI is InChI=1S/C21H24N2O2/c1-4-12-11-23-17-10-15-13-7-5-6-8-16(13)22(2)20(15)18(23)9-14(12)19(17)21(24)25-3/h4-8,14,17-19H,9-11H2,1-3H3/b12-4-. The van der Waals surface area contributed by atoms with Crippen molar-refractivity contribution in [1.82, 2.24) is 9.47 Å². The smallest absolute Gasteiger partial charge is 0.310 e. The Morgan fingerprint density at radius 1 is 1.32 bits per heavy atom. The Morgan fingerprint density at radius 3 is 2.88 bits per heavy atom. The van der Waals surface area contributed by atoms with Crippen molar-refractivity contribution in [2.24, 2.45) is 18.9 Å². The summed E-state index contributed by atoms with van der Waals surface area (Å²) < 4.78 is 7.59. The van der Waals surface area contributed by atoms with E-state index in [1.54, 1.807) is 0 Å². The van der Waals surface area contributed by atoms with Gasteiger partial charge >= 0.3 is 5.97 Å². The number of fused-ring (bicyclic) bond motifs is 4. The molecular formula is C21H24N2O2. The zero-order valence-electron chi connectivity index (χ0n) is 15.0. The van der Waals surface area contributed by atoms with Gasteiger partial charge in [-0.1, -0.05) is 29.8 Å². The van der Waals surface area contributed by atoms with Gasteiger partial charge in [-0.25, -0.2) is 0 Å². The number of methoxy groups -OCH3 is 1. The van der Waals surface area contributed by atoms with Gasteiger partial charge < -0.3 is 9.30 Å². The van der Waals surface area contributed by atoms with Gasteiger partial charge in [0.15, 0.2) is 0 Å². The molecule has 1 aromatic heterocycles. The molecule has 4 heteroatoms. The lowest BCUT2D eigenvalue weighted by molar-refractivity contribution is -0.157. The second-order valence-corrected chi connectivity index (χ2v) is 7.65. The number of rotatable bonds is 1. The molecule has 5 heterocycles. The van der Waals surface area contributed by atoms with Crippen LogP contribution in [-0.4, -0.2) is 35.1 Å². The summed E-state index contributed by atoms with van der Waals surface area (Å²) in [4.78, 5) is 15.2. The maximum atomic E-state index is 12.6. The summed E-state index contributed by atoms with van der Waals surface area (Å²) in [6.45, 7) is 3.09. The van der Waals surface area contributed by atoms with Gasteiger partial charge in [0.1, 0.15) is 0 Å². The minimum atomic E-state index is -0.0406. The van der Waals surface area contributed by atoms with E-state index in [4.69, 9.17) is 4.74 Å². The summed E-state index contributed by atoms with van der Waals surface area (Å²) in [5.74, 6) is 0.248. The fourth-order valence-corrected chi connectivity index (χ4v) is 5.78. The molecule has 25 heavy (non-hydrogen) atoms. The van der Waals surface area contributed by atoms with Gasteiger partial charge in [-0.15, -0.1) is 0 Å². The van der Waals surface area contributed by atoms with Crippen molar-refractivity contribution in [3.05, 3.63) is 47.2 Å². The van der Waals surface area contributed by atoms with Crippen molar-refractivity contribution < 1.29 is 9.53 Å². The van der Waals surface area contributed by atoms with Crippen molar-refractivity contribution in [3.8, 4) is 0 Å². The molecular weight excluding hydrogens is 312 g/mol. The highest BCUT2D eigenvalue weighted by Gasteiger charge is 2.55. The molecule has 0 amide bonds. The van der Waals surface area contributed by atoms with E-state index in [2.05, 4.69) is 53.8 Å². The van der Waals surface area contributed by atoms with Crippen molar-refractivity contribution >= 4 is 16.9 Å². The Hall–Kier alpha value is -2.07. The SMILES string of the molecule is C/C=C1/CN2C3CC1C(C(=O)OC)C2Cc1c3n(C)c2ccccc12. The average molecular weight is 336 g/mol. The zero-order valence-corrected chi connectivity index (χ0v) is 15.0. The van der Waals surface area contributed by atoms with Crippen molar-refractivity contribution in [3.63, 3.8) is 0 Å². The molecule has 3 saturated heterocycles. The first-order valence-electron chi connectivity index (χ1n) is 9.20. The topological polar surface area (TPSA) is 34.5 Å². The Bertz CT molecular complexity index is 910. The molecule has 5 atom stereocenters. The molecule has 6 rings (SSSR count). The lowest BCUT2D eigenvalue weighted by Crippen LogP contribution is -2.62. The fourth-order valence-electron chi connectivity index (χ4n) is 5.78. The van der Waals surface area contributed by atoms with Gasteiger partial charge in [-0.3, -0.25) is 9.69 Å². The summed E-state index contributed by atoms with van der Waals surface area (Å²) in [5, 5.41) is 1.35. The minimum Gasteiger partial charge on any atom is -0.469 e. The molecule has 0 spiro atoms. The number of aryl methyl sites for hydroxylation is 1. The first-order chi connectivity index (χ1) is 12.2. The molecule has 130 valence electrons. The minimum absolute atomic E-state index is 0.0340. The quantitative estimate of drug-likeness (QED) is 0.592. The number of esters is 1. The number of piperidine rings is 3. The summed E-state index contributed by atoms with van der Waals surface area (Å²) >= 11 is 0. The van der Waals surface area contributed by atoms with Crippen LogP contribution in [-0.2, 0) is 23.0 Å². The third-order valence-corrected chi connectivity index (χ3v) is 6.83. The number of hydrogen-bond acceptors (Lipinski definition) is 3. The van der Waals surface area contributed by atoms with E-state index in [1.165, 1.54) is 34.8 Å². The third kappa shape index (κ3) is 1.83. The van der Waals surface area contributed by atoms with E-state index in [0.717, 1.165) is 19.4 Å². The normalized spacial score (nSPS) is 34.4. The summed E-state index contributed by atoms with van der Waals surface area (Å²) in [5.41, 5.74) is 5.62. The van der Waals surface area contributed by atoms with E-state index in [-0.39, 0.29) is 17.9 Å². The van der Waals surface area contributed by atoms with Crippen LogP contribution in [0.3, 0.4) is 0 Å². The number of para-hydroxylation sites is 1. The predicted octanol–water partition coefficient (Wildman–Crippen LogP) is 3.22. The third-order valence-electron chi connectivity index (χ3n) is 6.83. The number of aromatic nitrogens is 1. The maximum absolute atomic E-state index is 12.6. The second-order valence-electron chi connectivity index (χ2n) is 7.65. The molecule has 0 saturated carbocycles. The molecule has 4 bridgehead atoms. The molecule has 0 N–H and O–H groups in total. The Kier molecular flexibility index (Phi) is 3.17. The molecule has 4 aliphatic rings. The van der Waals surface area contributed by atoms with Crippen LogP contribution in [0.1, 0.15) is 30.6 Å². The molecule has 0 radical (unpaired) electrons. The molecule has 5 unspecified atom stereocenters. The Labute approximate surface area is 148 Å². The first kappa shape index (κ1) is 15.2. The number of benzene rings is 1. The van der Waals surface area contributed by atoms with Crippen LogP contribution in [0.5, 0.6) is 0 Å². The summed E-state index contributed by atoms with van der Waals surface area (Å²) in [6, 6.07) is 9.35. The van der Waals surface area contributed by atoms with Crippen molar-refractivity contribution in [1.29, 1.82) is 0 Å². The van der Waals surface area contributed by atoms with Gasteiger partial charge in [0.25, 0.3) is 0 Å². The van der Waals surface area contributed by atoms with Crippen LogP contribution < -0.4 is 0 Å². The lowest BCUT2D eigenvalue weighted by atomic mass is 9.64. The van der Waals surface area contributed by atoms with Gasteiger partial charge in [0, 0.05) is 36.2 Å². The van der Waals surface area contributed by atoms with Crippen LogP contribution in [0.2, 0.25) is 0 Å². The molecule has 3 fully saturated rings. The molecule has 4 aliphatic heterocycles. The van der Waals surface area contributed by atoms with Gasteiger partial charge in [-0.05, 0) is 37.3 Å². The zero-order chi connectivity index (χ0) is 17.3. The molecule has 1 aromatic carbocycles. The number of hydrogen-bond donors (Lipinski definition) is 0. The Morgan fingerprint density at radius 2 is 2.12 bits per heavy atom. The summed E-state index contributed by atoms with van der Waals surface area (Å²) in [7, 11) is 3.72. The largest absolute Gasteiger partial charge is 0.469 e. The highest BCUT2D eigenvalue weighted by molar-refractivity contribution is 5.86. The highest BCUT2D eigenvalue weighted by atomic mass is 16.5. The number of carbonyl (C=O) groups is 1. The van der Waals surface area contributed by atoms with E-state index in [0.29, 0.717) is 12.0 Å². The van der Waals surface area contributed by atoms with Crippen molar-refractivity contribution in [2.45, 2.75) is 31.8 Å². The van der Waals surface area contributed by atoms with E-state index in [1.807, 2.05) is 0 Å². The Balaban J connectivity index is 1.71. The van der Waals surface area contributed by atoms with Crippen LogP contribution in [0.25, 0.3) is 10.9 Å². The maximum Gasteiger partial charge on any atom is 0.310 e. The number of ether oxygens (including phenoxy) is 1. The van der Waals surface area contributed by atoms with Gasteiger partial charge in [-0.2, -0.15) is 0 Å².